The van der Waals surface area contributed by atoms with Crippen LogP contribution >= 0.6 is 0 Å². The van der Waals surface area contributed by atoms with Crippen LogP contribution in [0, 0.1) is 0 Å². The molecule has 0 saturated carbocycles. The standard InChI is InChI=1S/C13H20N4O2/c1-3-17(4-2)12(18)8-16-11-6-5-9(14)7-10(11)13(15)19/h5-7,16H,3-4,8,14H2,1-2H3,(H2,15,19). The van der Waals surface area contributed by atoms with Crippen molar-refractivity contribution >= 4 is 23.2 Å². The maximum absolute atomic E-state index is 11.8. The topological polar surface area (TPSA) is 101 Å². The molecule has 6 nitrogen and oxygen atoms in total. The van der Waals surface area contributed by atoms with Crippen molar-refractivity contribution in [1.29, 1.82) is 0 Å². The van der Waals surface area contributed by atoms with Gasteiger partial charge >= 0.3 is 0 Å². The van der Waals surface area contributed by atoms with Gasteiger partial charge in [0.2, 0.25) is 5.91 Å². The zero-order valence-corrected chi connectivity index (χ0v) is 11.3. The summed E-state index contributed by atoms with van der Waals surface area (Å²) in [6.45, 7) is 5.26. The van der Waals surface area contributed by atoms with E-state index in [1.807, 2.05) is 13.8 Å². The van der Waals surface area contributed by atoms with E-state index in [0.29, 0.717) is 24.5 Å². The number of benzene rings is 1. The molecular formula is C13H20N4O2. The van der Waals surface area contributed by atoms with Gasteiger partial charge in [0.1, 0.15) is 0 Å². The number of carbonyl (C=O) groups is 2. The quantitative estimate of drug-likeness (QED) is 0.656. The van der Waals surface area contributed by atoms with Gasteiger partial charge in [-0.1, -0.05) is 0 Å². The number of nitrogens with zero attached hydrogens (tertiary/aromatic N) is 1. The summed E-state index contributed by atoms with van der Waals surface area (Å²) in [7, 11) is 0. The third-order valence-corrected chi connectivity index (χ3v) is 2.86. The van der Waals surface area contributed by atoms with Crippen LogP contribution in [0.5, 0.6) is 0 Å². The van der Waals surface area contributed by atoms with E-state index in [1.54, 1.807) is 17.0 Å². The third kappa shape index (κ3) is 3.87. The molecule has 0 aliphatic rings. The van der Waals surface area contributed by atoms with Crippen LogP contribution in [0.3, 0.4) is 0 Å². The summed E-state index contributed by atoms with van der Waals surface area (Å²) in [5, 5.41) is 2.92. The van der Waals surface area contributed by atoms with Gasteiger partial charge in [-0.25, -0.2) is 0 Å². The predicted octanol–water partition coefficient (Wildman–Crippen LogP) is 0.648. The van der Waals surface area contributed by atoms with Crippen molar-refractivity contribution in [3.63, 3.8) is 0 Å². The molecule has 2 amide bonds. The molecule has 0 unspecified atom stereocenters. The fourth-order valence-corrected chi connectivity index (χ4v) is 1.78. The molecule has 1 aromatic carbocycles. The molecular weight excluding hydrogens is 244 g/mol. The number of carbonyl (C=O) groups excluding carboxylic acids is 2. The van der Waals surface area contributed by atoms with E-state index >= 15 is 0 Å². The lowest BCUT2D eigenvalue weighted by Crippen LogP contribution is -2.35. The Morgan fingerprint density at radius 2 is 1.89 bits per heavy atom. The summed E-state index contributed by atoms with van der Waals surface area (Å²) in [5.41, 5.74) is 12.1. The third-order valence-electron chi connectivity index (χ3n) is 2.86. The monoisotopic (exact) mass is 264 g/mol. The van der Waals surface area contributed by atoms with E-state index < -0.39 is 5.91 Å². The Bertz CT molecular complexity index is 470. The Morgan fingerprint density at radius 3 is 2.42 bits per heavy atom. The lowest BCUT2D eigenvalue weighted by molar-refractivity contribution is -0.128. The number of hydrogen-bond donors (Lipinski definition) is 3. The van der Waals surface area contributed by atoms with Gasteiger partial charge in [0, 0.05) is 24.5 Å². The first-order valence-electron chi connectivity index (χ1n) is 6.20. The van der Waals surface area contributed by atoms with E-state index in [9.17, 15) is 9.59 Å². The van der Waals surface area contributed by atoms with E-state index in [2.05, 4.69) is 5.32 Å². The van der Waals surface area contributed by atoms with Crippen molar-refractivity contribution in [3.8, 4) is 0 Å². The molecule has 6 heteroatoms. The SMILES string of the molecule is CCN(CC)C(=O)CNc1ccc(N)cc1C(N)=O. The highest BCUT2D eigenvalue weighted by Crippen LogP contribution is 2.18. The van der Waals surface area contributed by atoms with Gasteiger partial charge in [0.05, 0.1) is 12.1 Å². The number of nitrogen functional groups attached to an aromatic ring is 1. The summed E-state index contributed by atoms with van der Waals surface area (Å²) in [4.78, 5) is 24.8. The van der Waals surface area contributed by atoms with Crippen LogP contribution in [0.1, 0.15) is 24.2 Å². The zero-order chi connectivity index (χ0) is 14.4. The lowest BCUT2D eigenvalue weighted by Gasteiger charge is -2.19. The number of hydrogen-bond acceptors (Lipinski definition) is 4. The van der Waals surface area contributed by atoms with Crippen LogP contribution < -0.4 is 16.8 Å². The summed E-state index contributed by atoms with van der Waals surface area (Å²) >= 11 is 0. The van der Waals surface area contributed by atoms with Crippen LogP contribution in [-0.4, -0.2) is 36.3 Å². The van der Waals surface area contributed by atoms with Crippen LogP contribution in [0.25, 0.3) is 0 Å². The fourth-order valence-electron chi connectivity index (χ4n) is 1.78. The summed E-state index contributed by atoms with van der Waals surface area (Å²) in [6, 6.07) is 4.79. The number of primary amides is 1. The Morgan fingerprint density at radius 1 is 1.26 bits per heavy atom. The Kier molecular flexibility index (Phi) is 5.17. The molecule has 0 saturated heterocycles. The molecule has 0 spiro atoms. The average Bonchev–Trinajstić information content (AvgIpc) is 2.38. The predicted molar refractivity (Wildman–Crippen MR) is 75.8 cm³/mol. The molecule has 0 radical (unpaired) electrons. The van der Waals surface area contributed by atoms with Gasteiger partial charge in [-0.2, -0.15) is 0 Å². The largest absolute Gasteiger partial charge is 0.399 e. The maximum Gasteiger partial charge on any atom is 0.250 e. The van der Waals surface area contributed by atoms with Crippen LogP contribution in [0.2, 0.25) is 0 Å². The molecule has 5 N–H and O–H groups in total. The molecule has 104 valence electrons. The van der Waals surface area contributed by atoms with Gasteiger partial charge in [-0.05, 0) is 32.0 Å². The Hall–Kier alpha value is -2.24. The highest BCUT2D eigenvalue weighted by atomic mass is 16.2. The summed E-state index contributed by atoms with van der Waals surface area (Å²) in [6.07, 6.45) is 0. The van der Waals surface area contributed by atoms with Gasteiger partial charge in [0.15, 0.2) is 0 Å². The lowest BCUT2D eigenvalue weighted by atomic mass is 10.1. The zero-order valence-electron chi connectivity index (χ0n) is 11.3. The van der Waals surface area contributed by atoms with Gasteiger partial charge in [0.25, 0.3) is 5.91 Å². The smallest absolute Gasteiger partial charge is 0.250 e. The molecule has 0 atom stereocenters. The van der Waals surface area contributed by atoms with Crippen LogP contribution in [0.4, 0.5) is 11.4 Å². The summed E-state index contributed by atoms with van der Waals surface area (Å²) in [5.74, 6) is -0.609. The van der Waals surface area contributed by atoms with Crippen LogP contribution in [-0.2, 0) is 4.79 Å². The van der Waals surface area contributed by atoms with E-state index in [0.717, 1.165) is 0 Å². The second-order valence-corrected chi connectivity index (χ2v) is 4.09. The van der Waals surface area contributed by atoms with Crippen LogP contribution in [0.15, 0.2) is 18.2 Å². The normalized spacial score (nSPS) is 10.0. The number of likely N-dealkylation sites (N-methyl/N-ethyl adjacent to an activating group) is 1. The van der Waals surface area contributed by atoms with Crippen molar-refractivity contribution in [1.82, 2.24) is 4.90 Å². The molecule has 0 fully saturated rings. The number of nitrogens with one attached hydrogen (secondary N) is 1. The first kappa shape index (κ1) is 14.8. The molecule has 0 bridgehead atoms. The maximum atomic E-state index is 11.8. The van der Waals surface area contributed by atoms with E-state index in [1.165, 1.54) is 6.07 Å². The average molecular weight is 264 g/mol. The minimum absolute atomic E-state index is 0.0303. The minimum atomic E-state index is -0.579. The van der Waals surface area contributed by atoms with Crippen molar-refractivity contribution in [2.24, 2.45) is 5.73 Å². The first-order valence-corrected chi connectivity index (χ1v) is 6.20. The number of nitrogens with two attached hydrogens (primary N) is 2. The highest BCUT2D eigenvalue weighted by molar-refractivity contribution is 5.99. The van der Waals surface area contributed by atoms with Gasteiger partial charge < -0.3 is 21.7 Å². The highest BCUT2D eigenvalue weighted by Gasteiger charge is 2.12. The Balaban J connectivity index is 2.78. The van der Waals surface area contributed by atoms with Gasteiger partial charge in [-0.15, -0.1) is 0 Å². The number of amides is 2. The van der Waals surface area contributed by atoms with E-state index in [-0.39, 0.29) is 18.0 Å². The van der Waals surface area contributed by atoms with E-state index in [4.69, 9.17) is 11.5 Å². The molecule has 0 aliphatic carbocycles. The van der Waals surface area contributed by atoms with Crippen molar-refractivity contribution in [2.45, 2.75) is 13.8 Å². The molecule has 1 aromatic rings. The van der Waals surface area contributed by atoms with Gasteiger partial charge in [-0.3, -0.25) is 9.59 Å². The van der Waals surface area contributed by atoms with Crippen molar-refractivity contribution in [2.75, 3.05) is 30.7 Å². The fraction of sp³-hybridized carbons (Fsp3) is 0.385. The minimum Gasteiger partial charge on any atom is -0.399 e. The second-order valence-electron chi connectivity index (χ2n) is 4.09. The Labute approximate surface area is 112 Å². The number of anilines is 2. The second kappa shape index (κ2) is 6.63. The first-order chi connectivity index (χ1) is 8.99. The molecule has 0 heterocycles. The molecule has 19 heavy (non-hydrogen) atoms. The molecule has 0 aliphatic heterocycles. The van der Waals surface area contributed by atoms with Crippen molar-refractivity contribution < 1.29 is 9.59 Å². The molecule has 0 aromatic heterocycles. The molecule has 1 rings (SSSR count). The number of rotatable bonds is 6. The van der Waals surface area contributed by atoms with Crippen molar-refractivity contribution in [3.05, 3.63) is 23.8 Å². The summed E-state index contributed by atoms with van der Waals surface area (Å²) < 4.78 is 0.